The number of carbonyl (C=O) groups is 1. The maximum atomic E-state index is 12.2. The van der Waals surface area contributed by atoms with Gasteiger partial charge in [-0.2, -0.15) is 0 Å². The van der Waals surface area contributed by atoms with E-state index in [1.54, 1.807) is 0 Å². The van der Waals surface area contributed by atoms with Crippen LogP contribution in [0.25, 0.3) is 0 Å². The number of nitrogens with zero attached hydrogens (tertiary/aromatic N) is 1. The lowest BCUT2D eigenvalue weighted by Crippen LogP contribution is -2.13. The van der Waals surface area contributed by atoms with E-state index in [-0.39, 0.29) is 16.3 Å². The maximum Gasteiger partial charge on any atom is 0.371 e. The summed E-state index contributed by atoms with van der Waals surface area (Å²) in [4.78, 5) is 14.4. The van der Waals surface area contributed by atoms with Gasteiger partial charge in [-0.1, -0.05) is 0 Å². The van der Waals surface area contributed by atoms with Gasteiger partial charge in [0, 0.05) is 18.5 Å². The van der Waals surface area contributed by atoms with Crippen LogP contribution in [0.3, 0.4) is 0 Å². The number of anilines is 1. The SMILES string of the molecule is Cc1oc(C(=O)O)cc1S(=O)(=O)Nc1ccncc1Br. The molecule has 2 heterocycles. The van der Waals surface area contributed by atoms with Gasteiger partial charge in [-0.25, -0.2) is 13.2 Å². The third-order valence-corrected chi connectivity index (χ3v) is 4.49. The molecule has 0 aromatic carbocycles. The number of furan rings is 1. The summed E-state index contributed by atoms with van der Waals surface area (Å²) in [6.07, 6.45) is 2.86. The van der Waals surface area contributed by atoms with Crippen LogP contribution < -0.4 is 4.72 Å². The molecule has 7 nitrogen and oxygen atoms in total. The van der Waals surface area contributed by atoms with Crippen LogP contribution in [0.15, 0.2) is 38.3 Å². The Bertz CT molecular complexity index is 769. The van der Waals surface area contributed by atoms with Gasteiger partial charge in [0.05, 0.1) is 10.2 Å². The Morgan fingerprint density at radius 2 is 2.20 bits per heavy atom. The van der Waals surface area contributed by atoms with E-state index in [0.717, 1.165) is 6.07 Å². The summed E-state index contributed by atoms with van der Waals surface area (Å²) in [5.74, 6) is -1.77. The number of halogens is 1. The third-order valence-electron chi connectivity index (χ3n) is 2.39. The number of aryl methyl sites for hydroxylation is 1. The van der Waals surface area contributed by atoms with Gasteiger partial charge in [0.2, 0.25) is 5.76 Å². The minimum atomic E-state index is -3.94. The van der Waals surface area contributed by atoms with E-state index in [1.165, 1.54) is 25.4 Å². The highest BCUT2D eigenvalue weighted by Crippen LogP contribution is 2.26. The molecule has 2 rings (SSSR count). The predicted octanol–water partition coefficient (Wildman–Crippen LogP) is 2.24. The first kappa shape index (κ1) is 14.5. The quantitative estimate of drug-likeness (QED) is 0.864. The summed E-state index contributed by atoms with van der Waals surface area (Å²) in [7, 11) is -3.94. The number of aromatic nitrogens is 1. The molecular formula is C11H9BrN2O5S. The van der Waals surface area contributed by atoms with Crippen LogP contribution in [0.2, 0.25) is 0 Å². The topological polar surface area (TPSA) is 109 Å². The van der Waals surface area contributed by atoms with E-state index >= 15 is 0 Å². The lowest BCUT2D eigenvalue weighted by molar-refractivity contribution is 0.0661. The Kier molecular flexibility index (Phi) is 3.82. The van der Waals surface area contributed by atoms with E-state index in [1.807, 2.05) is 0 Å². The molecular weight excluding hydrogens is 352 g/mol. The highest BCUT2D eigenvalue weighted by Gasteiger charge is 2.24. The van der Waals surface area contributed by atoms with Crippen LogP contribution in [0.1, 0.15) is 16.3 Å². The minimum absolute atomic E-state index is 0.0000728. The summed E-state index contributed by atoms with van der Waals surface area (Å²) in [6, 6.07) is 2.43. The van der Waals surface area contributed by atoms with Crippen molar-refractivity contribution in [3.63, 3.8) is 0 Å². The van der Waals surface area contributed by atoms with Crippen LogP contribution >= 0.6 is 15.9 Å². The van der Waals surface area contributed by atoms with Crippen LogP contribution in [0.5, 0.6) is 0 Å². The van der Waals surface area contributed by atoms with Gasteiger partial charge >= 0.3 is 5.97 Å². The van der Waals surface area contributed by atoms with E-state index in [9.17, 15) is 13.2 Å². The van der Waals surface area contributed by atoms with Crippen molar-refractivity contribution >= 4 is 37.6 Å². The van der Waals surface area contributed by atoms with Crippen LogP contribution in [0, 0.1) is 6.92 Å². The van der Waals surface area contributed by atoms with Crippen molar-refractivity contribution in [3.8, 4) is 0 Å². The van der Waals surface area contributed by atoms with Gasteiger partial charge in [0.15, 0.2) is 0 Å². The Balaban J connectivity index is 2.41. The third kappa shape index (κ3) is 2.83. The zero-order valence-electron chi connectivity index (χ0n) is 10.1. The van der Waals surface area contributed by atoms with Crippen LogP contribution in [0.4, 0.5) is 5.69 Å². The van der Waals surface area contributed by atoms with Crippen molar-refractivity contribution in [2.75, 3.05) is 4.72 Å². The molecule has 2 aromatic rings. The smallest absolute Gasteiger partial charge is 0.371 e. The summed E-state index contributed by atoms with van der Waals surface area (Å²) >= 11 is 3.16. The number of rotatable bonds is 4. The van der Waals surface area contributed by atoms with Crippen molar-refractivity contribution in [1.29, 1.82) is 0 Å². The van der Waals surface area contributed by atoms with Crippen molar-refractivity contribution in [1.82, 2.24) is 4.98 Å². The Morgan fingerprint density at radius 1 is 1.50 bits per heavy atom. The number of carboxylic acids is 1. The molecule has 0 unspecified atom stereocenters. The average molecular weight is 361 g/mol. The number of nitrogens with one attached hydrogen (secondary N) is 1. The average Bonchev–Trinajstić information content (AvgIpc) is 2.75. The molecule has 0 saturated heterocycles. The number of carboxylic acid groups (broad SMARTS) is 1. The predicted molar refractivity (Wildman–Crippen MR) is 73.1 cm³/mol. The molecule has 0 bridgehead atoms. The highest BCUT2D eigenvalue weighted by atomic mass is 79.9. The second-order valence-corrected chi connectivity index (χ2v) is 6.30. The zero-order chi connectivity index (χ0) is 14.9. The summed E-state index contributed by atoms with van der Waals surface area (Å²) in [5, 5.41) is 8.80. The minimum Gasteiger partial charge on any atom is -0.475 e. The molecule has 9 heteroatoms. The van der Waals surface area contributed by atoms with Crippen molar-refractivity contribution in [2.45, 2.75) is 11.8 Å². The van der Waals surface area contributed by atoms with Crippen molar-refractivity contribution in [3.05, 3.63) is 40.5 Å². The number of pyridine rings is 1. The summed E-state index contributed by atoms with van der Waals surface area (Å²) < 4.78 is 32.1. The van der Waals surface area contributed by atoms with Crippen molar-refractivity contribution < 1.29 is 22.7 Å². The molecule has 2 N–H and O–H groups in total. The highest BCUT2D eigenvalue weighted by molar-refractivity contribution is 9.10. The lowest BCUT2D eigenvalue weighted by Gasteiger charge is -2.08. The molecule has 0 atom stereocenters. The van der Waals surface area contributed by atoms with E-state index in [0.29, 0.717) is 4.47 Å². The second-order valence-electron chi connectivity index (χ2n) is 3.80. The fourth-order valence-corrected chi connectivity index (χ4v) is 3.24. The number of hydrogen-bond acceptors (Lipinski definition) is 5. The molecule has 0 aliphatic heterocycles. The molecule has 0 saturated carbocycles. The second kappa shape index (κ2) is 5.25. The van der Waals surface area contributed by atoms with E-state index in [4.69, 9.17) is 9.52 Å². The normalized spacial score (nSPS) is 11.3. The summed E-state index contributed by atoms with van der Waals surface area (Å²) in [5.41, 5.74) is 0.289. The summed E-state index contributed by atoms with van der Waals surface area (Å²) in [6.45, 7) is 1.38. The first-order chi connectivity index (χ1) is 9.31. The molecule has 0 aliphatic carbocycles. The van der Waals surface area contributed by atoms with Crippen molar-refractivity contribution in [2.24, 2.45) is 0 Å². The van der Waals surface area contributed by atoms with Gasteiger partial charge in [-0.05, 0) is 28.9 Å². The molecule has 0 spiro atoms. The maximum absolute atomic E-state index is 12.2. The van der Waals surface area contributed by atoms with Gasteiger partial charge < -0.3 is 9.52 Å². The van der Waals surface area contributed by atoms with Gasteiger partial charge in [-0.15, -0.1) is 0 Å². The molecule has 0 aliphatic rings. The van der Waals surface area contributed by atoms with Gasteiger partial charge in [0.1, 0.15) is 10.7 Å². The number of aromatic carboxylic acids is 1. The number of hydrogen-bond donors (Lipinski definition) is 2. The monoisotopic (exact) mass is 360 g/mol. The first-order valence-corrected chi connectivity index (χ1v) is 7.55. The Labute approximate surface area is 122 Å². The zero-order valence-corrected chi connectivity index (χ0v) is 12.5. The molecule has 0 radical (unpaired) electrons. The fourth-order valence-electron chi connectivity index (χ4n) is 1.50. The molecule has 0 amide bonds. The van der Waals surface area contributed by atoms with Crippen LogP contribution in [-0.2, 0) is 10.0 Å². The van der Waals surface area contributed by atoms with E-state index < -0.39 is 21.8 Å². The largest absolute Gasteiger partial charge is 0.475 e. The Morgan fingerprint density at radius 3 is 2.75 bits per heavy atom. The first-order valence-electron chi connectivity index (χ1n) is 5.27. The molecule has 20 heavy (non-hydrogen) atoms. The Hall–Kier alpha value is -1.87. The van der Waals surface area contributed by atoms with E-state index in [2.05, 4.69) is 25.6 Å². The van der Waals surface area contributed by atoms with Crippen LogP contribution in [-0.4, -0.2) is 24.5 Å². The number of sulfonamides is 1. The fraction of sp³-hybridized carbons (Fsp3) is 0.0909. The lowest BCUT2D eigenvalue weighted by atomic mass is 10.4. The van der Waals surface area contributed by atoms with Gasteiger partial charge in [0.25, 0.3) is 10.0 Å². The van der Waals surface area contributed by atoms with Gasteiger partial charge in [-0.3, -0.25) is 9.71 Å². The molecule has 0 fully saturated rings. The molecule has 2 aromatic heterocycles. The molecule has 106 valence electrons. The standard InChI is InChI=1S/C11H9BrN2O5S/c1-6-10(4-9(19-6)11(15)16)20(17,18)14-8-2-3-13-5-7(8)12/h2-5H,1H3,(H,13,14)(H,15,16).